The summed E-state index contributed by atoms with van der Waals surface area (Å²) in [6.45, 7) is 3.05. The van der Waals surface area contributed by atoms with Crippen LogP contribution in [0, 0.1) is 0 Å². The number of carbonyl (C=O) groups is 1. The molecule has 2 N–H and O–H groups in total. The predicted octanol–water partition coefficient (Wildman–Crippen LogP) is 1.35. The van der Waals surface area contributed by atoms with Crippen molar-refractivity contribution in [3.05, 3.63) is 54.4 Å². The van der Waals surface area contributed by atoms with Crippen molar-refractivity contribution in [2.45, 2.75) is 24.5 Å². The van der Waals surface area contributed by atoms with Gasteiger partial charge in [0.15, 0.2) is 0 Å². The van der Waals surface area contributed by atoms with E-state index in [1.54, 1.807) is 11.0 Å². The van der Waals surface area contributed by atoms with Crippen LogP contribution in [0.4, 0.5) is 4.79 Å². The number of urea groups is 1. The first kappa shape index (κ1) is 19.1. The van der Waals surface area contributed by atoms with Crippen molar-refractivity contribution in [3.8, 4) is 5.75 Å². The Morgan fingerprint density at radius 1 is 1.26 bits per heavy atom. The predicted molar refractivity (Wildman–Crippen MR) is 99.8 cm³/mol. The van der Waals surface area contributed by atoms with Crippen LogP contribution >= 0.6 is 0 Å². The second kappa shape index (κ2) is 8.36. The summed E-state index contributed by atoms with van der Waals surface area (Å²) < 4.78 is 32.5. The lowest BCUT2D eigenvalue weighted by molar-refractivity contribution is 0.158. The second-order valence-electron chi connectivity index (χ2n) is 6.24. The highest BCUT2D eigenvalue weighted by molar-refractivity contribution is 7.89. The van der Waals surface area contributed by atoms with Crippen molar-refractivity contribution >= 4 is 16.1 Å². The number of amides is 2. The van der Waals surface area contributed by atoms with Gasteiger partial charge in [-0.3, -0.25) is 4.98 Å². The number of carbonyl (C=O) groups excluding carboxylic acids is 1. The van der Waals surface area contributed by atoms with Gasteiger partial charge in [0, 0.05) is 31.0 Å². The Hall–Kier alpha value is -2.65. The van der Waals surface area contributed by atoms with Crippen molar-refractivity contribution in [3.63, 3.8) is 0 Å². The number of nitrogens with zero attached hydrogens (tertiary/aromatic N) is 2. The molecule has 0 radical (unpaired) electrons. The Balaban J connectivity index is 1.52. The van der Waals surface area contributed by atoms with Gasteiger partial charge in [0.25, 0.3) is 0 Å². The van der Waals surface area contributed by atoms with Crippen molar-refractivity contribution < 1.29 is 17.9 Å². The number of nitrogens with one attached hydrogen (secondary N) is 2. The number of fused-ring (bicyclic) bond motifs is 1. The molecule has 1 aromatic carbocycles. The number of aromatic nitrogens is 1. The largest absolute Gasteiger partial charge is 0.489 e. The van der Waals surface area contributed by atoms with Gasteiger partial charge in [0.2, 0.25) is 10.0 Å². The van der Waals surface area contributed by atoms with Gasteiger partial charge < -0.3 is 15.0 Å². The van der Waals surface area contributed by atoms with Crippen LogP contribution in [0.25, 0.3) is 0 Å². The van der Waals surface area contributed by atoms with E-state index in [9.17, 15) is 13.2 Å². The fraction of sp³-hybridized carbons (Fsp3) is 0.333. The molecule has 2 aromatic rings. The Bertz CT molecular complexity index is 889. The van der Waals surface area contributed by atoms with Crippen LogP contribution in [0.1, 0.15) is 12.5 Å². The standard InChI is InChI=1S/C18H22N4O4S/c1-14-12-22(13-15-5-2-3-7-17(15)26-14)18(23)20-9-10-21-27(24,25)16-6-4-8-19-11-16/h2-8,11,14,21H,9-10,12-13H2,1H3,(H,20,23). The molecule has 8 nitrogen and oxygen atoms in total. The molecule has 1 unspecified atom stereocenters. The molecule has 3 rings (SSSR count). The average Bonchev–Trinajstić information content (AvgIpc) is 2.83. The highest BCUT2D eigenvalue weighted by Crippen LogP contribution is 2.24. The van der Waals surface area contributed by atoms with Gasteiger partial charge in [-0.2, -0.15) is 0 Å². The van der Waals surface area contributed by atoms with E-state index in [1.165, 1.54) is 18.5 Å². The number of hydrogen-bond donors (Lipinski definition) is 2. The summed E-state index contributed by atoms with van der Waals surface area (Å²) in [4.78, 5) is 18.0. The molecule has 1 aliphatic rings. The van der Waals surface area contributed by atoms with Gasteiger partial charge in [-0.25, -0.2) is 17.9 Å². The van der Waals surface area contributed by atoms with E-state index in [4.69, 9.17) is 4.74 Å². The number of pyridine rings is 1. The number of sulfonamides is 1. The van der Waals surface area contributed by atoms with Gasteiger partial charge in [-0.15, -0.1) is 0 Å². The van der Waals surface area contributed by atoms with Crippen molar-refractivity contribution in [2.24, 2.45) is 0 Å². The third kappa shape index (κ3) is 4.95. The quantitative estimate of drug-likeness (QED) is 0.751. The zero-order valence-electron chi connectivity index (χ0n) is 15.0. The first-order valence-corrected chi connectivity index (χ1v) is 10.1. The van der Waals surface area contributed by atoms with Crippen LogP contribution in [0.5, 0.6) is 5.75 Å². The molecular formula is C18H22N4O4S. The van der Waals surface area contributed by atoms with Crippen LogP contribution in [-0.2, 0) is 16.6 Å². The maximum atomic E-state index is 12.5. The molecular weight excluding hydrogens is 368 g/mol. The van der Waals surface area contributed by atoms with Gasteiger partial charge in [0.05, 0.1) is 13.1 Å². The zero-order chi connectivity index (χ0) is 19.3. The molecule has 1 aromatic heterocycles. The number of rotatable bonds is 5. The Kier molecular flexibility index (Phi) is 5.92. The molecule has 144 valence electrons. The minimum atomic E-state index is -3.64. The lowest BCUT2D eigenvalue weighted by atomic mass is 10.2. The van der Waals surface area contributed by atoms with Gasteiger partial charge in [-0.1, -0.05) is 18.2 Å². The summed E-state index contributed by atoms with van der Waals surface area (Å²) in [5.74, 6) is 0.782. The maximum Gasteiger partial charge on any atom is 0.317 e. The van der Waals surface area contributed by atoms with Gasteiger partial charge in [0.1, 0.15) is 16.7 Å². The lowest BCUT2D eigenvalue weighted by Crippen LogP contribution is -2.44. The molecule has 9 heteroatoms. The first-order chi connectivity index (χ1) is 13.0. The van der Waals surface area contributed by atoms with E-state index in [0.717, 1.165) is 11.3 Å². The molecule has 27 heavy (non-hydrogen) atoms. The normalized spacial score (nSPS) is 16.8. The Morgan fingerprint density at radius 2 is 2.07 bits per heavy atom. The molecule has 0 bridgehead atoms. The van der Waals surface area contributed by atoms with Crippen LogP contribution < -0.4 is 14.8 Å². The van der Waals surface area contributed by atoms with E-state index in [2.05, 4.69) is 15.0 Å². The third-order valence-corrected chi connectivity index (χ3v) is 5.51. The molecule has 0 saturated carbocycles. The van der Waals surface area contributed by atoms with E-state index in [1.807, 2.05) is 31.2 Å². The highest BCUT2D eigenvalue weighted by Gasteiger charge is 2.23. The van der Waals surface area contributed by atoms with Crippen LogP contribution in [0.15, 0.2) is 53.7 Å². The van der Waals surface area contributed by atoms with Crippen LogP contribution in [-0.4, -0.2) is 50.1 Å². The topological polar surface area (TPSA) is 101 Å². The van der Waals surface area contributed by atoms with Crippen LogP contribution in [0.2, 0.25) is 0 Å². The minimum Gasteiger partial charge on any atom is -0.489 e. The average molecular weight is 390 g/mol. The lowest BCUT2D eigenvalue weighted by Gasteiger charge is -2.22. The molecule has 0 saturated heterocycles. The van der Waals surface area contributed by atoms with E-state index >= 15 is 0 Å². The summed E-state index contributed by atoms with van der Waals surface area (Å²) in [6.07, 6.45) is 2.64. The molecule has 0 fully saturated rings. The molecule has 2 amide bonds. The fourth-order valence-corrected chi connectivity index (χ4v) is 3.79. The third-order valence-electron chi connectivity index (χ3n) is 4.06. The summed E-state index contributed by atoms with van der Waals surface area (Å²) >= 11 is 0. The summed E-state index contributed by atoms with van der Waals surface area (Å²) in [5, 5.41) is 2.74. The van der Waals surface area contributed by atoms with E-state index in [-0.39, 0.29) is 30.1 Å². The van der Waals surface area contributed by atoms with E-state index in [0.29, 0.717) is 13.1 Å². The molecule has 1 aliphatic heterocycles. The van der Waals surface area contributed by atoms with Gasteiger partial charge >= 0.3 is 6.03 Å². The molecule has 1 atom stereocenters. The summed E-state index contributed by atoms with van der Waals surface area (Å²) in [7, 11) is -3.64. The van der Waals surface area contributed by atoms with Crippen molar-refractivity contribution in [1.29, 1.82) is 0 Å². The number of hydrogen-bond acceptors (Lipinski definition) is 5. The van der Waals surface area contributed by atoms with Crippen molar-refractivity contribution in [2.75, 3.05) is 19.6 Å². The Morgan fingerprint density at radius 3 is 2.85 bits per heavy atom. The minimum absolute atomic E-state index is 0.0828. The van der Waals surface area contributed by atoms with Gasteiger partial charge in [-0.05, 0) is 25.1 Å². The van der Waals surface area contributed by atoms with Crippen LogP contribution in [0.3, 0.4) is 0 Å². The SMILES string of the molecule is CC1CN(C(=O)NCCNS(=O)(=O)c2cccnc2)Cc2ccccc2O1. The first-order valence-electron chi connectivity index (χ1n) is 8.63. The fourth-order valence-electron chi connectivity index (χ4n) is 2.79. The smallest absolute Gasteiger partial charge is 0.317 e. The highest BCUT2D eigenvalue weighted by atomic mass is 32.2. The van der Waals surface area contributed by atoms with E-state index < -0.39 is 10.0 Å². The Labute approximate surface area is 158 Å². The number of para-hydroxylation sites is 1. The number of ether oxygens (including phenoxy) is 1. The second-order valence-corrected chi connectivity index (χ2v) is 8.00. The molecule has 2 heterocycles. The monoisotopic (exact) mass is 390 g/mol. The maximum absolute atomic E-state index is 12.5. The molecule has 0 spiro atoms. The summed E-state index contributed by atoms with van der Waals surface area (Å²) in [6, 6.07) is 10.4. The zero-order valence-corrected chi connectivity index (χ0v) is 15.8. The summed E-state index contributed by atoms with van der Waals surface area (Å²) in [5.41, 5.74) is 0.939. The van der Waals surface area contributed by atoms with Crippen molar-refractivity contribution in [1.82, 2.24) is 19.9 Å². The molecule has 0 aliphatic carbocycles. The number of benzene rings is 1.